The number of nitrogens with zero attached hydrogens (tertiary/aromatic N) is 5. The van der Waals surface area contributed by atoms with Crippen LogP contribution in [0.25, 0.3) is 126 Å². The highest BCUT2D eigenvalue weighted by Gasteiger charge is 2.21. The third-order valence-corrected chi connectivity index (χ3v) is 14.0. The predicted octanol–water partition coefficient (Wildman–Crippen LogP) is 16.4. The van der Waals surface area contributed by atoms with Crippen molar-refractivity contribution in [1.29, 1.82) is 0 Å². The standard InChI is InChI=1S/C62H39N5S/c1-6-18-40(19-7-1)44-30-32-48(41-20-8-2-9-21-41)51(34-44)46-35-54(62-65-60(42-22-10-3-11-23-42)64-61(66-62)43-24-12-4-13-25-43)59(63-39-46)45-31-33-50-53-37-56-52(38-58(53)68-57(50)36-45)49-28-16-17-29-55(49)67(56)47-26-14-5-15-27-47/h1-39H. The molecule has 6 heteroatoms. The van der Waals surface area contributed by atoms with Gasteiger partial charge in [-0.1, -0.05) is 182 Å². The molecule has 0 bridgehead atoms. The second-order valence-electron chi connectivity index (χ2n) is 17.0. The first-order valence-corrected chi connectivity index (χ1v) is 23.6. The number of hydrogen-bond acceptors (Lipinski definition) is 5. The molecule has 68 heavy (non-hydrogen) atoms. The van der Waals surface area contributed by atoms with Crippen molar-refractivity contribution >= 4 is 53.3 Å². The van der Waals surface area contributed by atoms with Gasteiger partial charge in [0, 0.05) is 70.6 Å². The van der Waals surface area contributed by atoms with Crippen molar-refractivity contribution in [2.24, 2.45) is 0 Å². The zero-order valence-electron chi connectivity index (χ0n) is 36.7. The largest absolute Gasteiger partial charge is 0.309 e. The fourth-order valence-electron chi connectivity index (χ4n) is 9.64. The summed E-state index contributed by atoms with van der Waals surface area (Å²) < 4.78 is 4.82. The summed E-state index contributed by atoms with van der Waals surface area (Å²) in [4.78, 5) is 21.1. The first kappa shape index (κ1) is 39.5. The molecule has 318 valence electrons. The first-order chi connectivity index (χ1) is 33.7. The number of para-hydroxylation sites is 2. The van der Waals surface area contributed by atoms with Crippen molar-refractivity contribution in [3.05, 3.63) is 237 Å². The summed E-state index contributed by atoms with van der Waals surface area (Å²) in [5, 5.41) is 4.93. The number of hydrogen-bond donors (Lipinski definition) is 0. The molecular weight excluding hydrogens is 847 g/mol. The number of fused-ring (bicyclic) bond motifs is 6. The molecule has 0 saturated carbocycles. The third kappa shape index (κ3) is 6.94. The van der Waals surface area contributed by atoms with Crippen LogP contribution in [0.5, 0.6) is 0 Å². The number of benzene rings is 9. The van der Waals surface area contributed by atoms with Gasteiger partial charge in [-0.2, -0.15) is 0 Å². The van der Waals surface area contributed by atoms with Crippen LogP contribution >= 0.6 is 11.3 Å². The van der Waals surface area contributed by atoms with E-state index in [2.05, 4.69) is 174 Å². The van der Waals surface area contributed by atoms with Crippen LogP contribution in [0.2, 0.25) is 0 Å². The summed E-state index contributed by atoms with van der Waals surface area (Å²) in [6.07, 6.45) is 2.02. The van der Waals surface area contributed by atoms with Gasteiger partial charge < -0.3 is 4.57 Å². The van der Waals surface area contributed by atoms with Gasteiger partial charge in [0.25, 0.3) is 0 Å². The highest BCUT2D eigenvalue weighted by atomic mass is 32.1. The molecule has 0 spiro atoms. The predicted molar refractivity (Wildman–Crippen MR) is 283 cm³/mol. The molecule has 0 saturated heterocycles. The Labute approximate surface area is 397 Å². The molecule has 0 aliphatic heterocycles. The molecule has 0 aliphatic carbocycles. The summed E-state index contributed by atoms with van der Waals surface area (Å²) in [6.45, 7) is 0. The van der Waals surface area contributed by atoms with Crippen molar-refractivity contribution in [3.63, 3.8) is 0 Å². The lowest BCUT2D eigenvalue weighted by molar-refractivity contribution is 1.07. The van der Waals surface area contributed by atoms with Crippen LogP contribution in [0.3, 0.4) is 0 Å². The zero-order chi connectivity index (χ0) is 45.0. The smallest absolute Gasteiger partial charge is 0.166 e. The highest BCUT2D eigenvalue weighted by molar-refractivity contribution is 7.26. The molecule has 0 amide bonds. The Kier molecular flexibility index (Phi) is 9.62. The van der Waals surface area contributed by atoms with Gasteiger partial charge in [0.05, 0.1) is 16.7 Å². The van der Waals surface area contributed by atoms with E-state index in [1.54, 1.807) is 0 Å². The fourth-order valence-corrected chi connectivity index (χ4v) is 10.8. The maximum Gasteiger partial charge on any atom is 0.166 e. The van der Waals surface area contributed by atoms with Gasteiger partial charge in [-0.25, -0.2) is 15.0 Å². The number of aromatic nitrogens is 5. The van der Waals surface area contributed by atoms with Crippen molar-refractivity contribution < 1.29 is 0 Å². The minimum absolute atomic E-state index is 0.551. The van der Waals surface area contributed by atoms with Crippen LogP contribution in [-0.2, 0) is 0 Å². The average Bonchev–Trinajstić information content (AvgIpc) is 3.95. The van der Waals surface area contributed by atoms with Gasteiger partial charge >= 0.3 is 0 Å². The topological polar surface area (TPSA) is 56.5 Å². The molecule has 0 aliphatic rings. The van der Waals surface area contributed by atoms with Crippen LogP contribution in [0.15, 0.2) is 237 Å². The van der Waals surface area contributed by atoms with Crippen molar-refractivity contribution in [2.75, 3.05) is 0 Å². The lowest BCUT2D eigenvalue weighted by Crippen LogP contribution is -2.02. The van der Waals surface area contributed by atoms with Gasteiger partial charge in [0.2, 0.25) is 0 Å². The molecule has 9 aromatic carbocycles. The second-order valence-corrected chi connectivity index (χ2v) is 18.1. The second kappa shape index (κ2) is 16.5. The van der Waals surface area contributed by atoms with Crippen molar-refractivity contribution in [2.45, 2.75) is 0 Å². The fraction of sp³-hybridized carbons (Fsp3) is 0. The Balaban J connectivity index is 1.04. The van der Waals surface area contributed by atoms with E-state index in [9.17, 15) is 0 Å². The molecular formula is C62H39N5S. The van der Waals surface area contributed by atoms with E-state index in [4.69, 9.17) is 19.9 Å². The highest BCUT2D eigenvalue weighted by Crippen LogP contribution is 2.44. The van der Waals surface area contributed by atoms with Gasteiger partial charge in [-0.15, -0.1) is 11.3 Å². The maximum absolute atomic E-state index is 5.42. The summed E-state index contributed by atoms with van der Waals surface area (Å²) in [7, 11) is 0. The van der Waals surface area contributed by atoms with Crippen LogP contribution in [0, 0.1) is 0 Å². The zero-order valence-corrected chi connectivity index (χ0v) is 37.5. The van der Waals surface area contributed by atoms with E-state index in [0.717, 1.165) is 67.0 Å². The van der Waals surface area contributed by atoms with E-state index in [0.29, 0.717) is 17.5 Å². The molecule has 0 radical (unpaired) electrons. The summed E-state index contributed by atoms with van der Waals surface area (Å²) in [6, 6.07) is 81.3. The number of pyridine rings is 1. The Morgan fingerprint density at radius 1 is 0.309 bits per heavy atom. The van der Waals surface area contributed by atoms with Gasteiger partial charge in [0.1, 0.15) is 0 Å². The normalized spacial score (nSPS) is 11.5. The molecule has 13 aromatic rings. The molecule has 0 atom stereocenters. The lowest BCUT2D eigenvalue weighted by atomic mass is 9.90. The molecule has 4 aromatic heterocycles. The third-order valence-electron chi connectivity index (χ3n) is 12.9. The minimum Gasteiger partial charge on any atom is -0.309 e. The van der Waals surface area contributed by atoms with E-state index >= 15 is 0 Å². The summed E-state index contributed by atoms with van der Waals surface area (Å²) in [5.41, 5.74) is 14.5. The quantitative estimate of drug-likeness (QED) is 0.153. The Hall–Kier alpha value is -8.84. The Bertz CT molecular complexity index is 3940. The lowest BCUT2D eigenvalue weighted by Gasteiger charge is -2.16. The van der Waals surface area contributed by atoms with Crippen LogP contribution < -0.4 is 0 Å². The molecule has 0 unspecified atom stereocenters. The van der Waals surface area contributed by atoms with Crippen molar-refractivity contribution in [3.8, 4) is 84.5 Å². The Morgan fingerprint density at radius 2 is 0.868 bits per heavy atom. The maximum atomic E-state index is 5.42. The van der Waals surface area contributed by atoms with Gasteiger partial charge in [-0.05, 0) is 76.3 Å². The van der Waals surface area contributed by atoms with E-state index < -0.39 is 0 Å². The van der Waals surface area contributed by atoms with Crippen LogP contribution in [0.4, 0.5) is 0 Å². The SMILES string of the molecule is c1ccc(-c2ccc(-c3ccccc3)c(-c3cnc(-c4ccc5c(c4)sc4cc6c7ccccc7n(-c7ccccc7)c6cc45)c(-c4nc(-c5ccccc5)nc(-c5ccccc5)n4)c3)c2)cc1. The first-order valence-electron chi connectivity index (χ1n) is 22.8. The van der Waals surface area contributed by atoms with Crippen LogP contribution in [0.1, 0.15) is 0 Å². The number of thiophene rings is 1. The van der Waals surface area contributed by atoms with Gasteiger partial charge in [-0.3, -0.25) is 4.98 Å². The molecule has 13 rings (SSSR count). The van der Waals surface area contributed by atoms with E-state index in [-0.39, 0.29) is 0 Å². The molecule has 4 heterocycles. The Morgan fingerprint density at radius 3 is 1.56 bits per heavy atom. The average molecular weight is 886 g/mol. The monoisotopic (exact) mass is 885 g/mol. The van der Waals surface area contributed by atoms with Crippen LogP contribution in [-0.4, -0.2) is 24.5 Å². The minimum atomic E-state index is 0.551. The summed E-state index contributed by atoms with van der Waals surface area (Å²) >= 11 is 1.82. The molecule has 5 nitrogen and oxygen atoms in total. The van der Waals surface area contributed by atoms with E-state index in [1.807, 2.05) is 78.2 Å². The van der Waals surface area contributed by atoms with E-state index in [1.165, 1.54) is 42.0 Å². The molecule has 0 N–H and O–H groups in total. The summed E-state index contributed by atoms with van der Waals surface area (Å²) in [5.74, 6) is 1.75. The number of rotatable bonds is 8. The molecule has 0 fully saturated rings. The van der Waals surface area contributed by atoms with Crippen molar-refractivity contribution in [1.82, 2.24) is 24.5 Å². The van der Waals surface area contributed by atoms with Gasteiger partial charge in [0.15, 0.2) is 17.5 Å².